The van der Waals surface area contributed by atoms with Gasteiger partial charge in [0.25, 0.3) is 0 Å². The fourth-order valence-corrected chi connectivity index (χ4v) is 7.42. The quantitative estimate of drug-likeness (QED) is 0.181. The number of para-hydroxylation sites is 3. The third kappa shape index (κ3) is 4.31. The molecule has 0 saturated carbocycles. The van der Waals surface area contributed by atoms with Gasteiger partial charge in [-0.3, -0.25) is 0 Å². The second-order valence-corrected chi connectivity index (χ2v) is 12.3. The van der Waals surface area contributed by atoms with E-state index in [2.05, 4.69) is 98.9 Å². The Morgan fingerprint density at radius 2 is 0.980 bits per heavy atom. The summed E-state index contributed by atoms with van der Waals surface area (Å²) in [6.45, 7) is 7.58. The first kappa shape index (κ1) is 28.8. The molecule has 2 aromatic heterocycles. The van der Waals surface area contributed by atoms with Crippen LogP contribution in [0.2, 0.25) is 0 Å². The molecule has 0 unspecified atom stereocenters. The Kier molecular flexibility index (Phi) is 6.56. The van der Waals surface area contributed by atoms with Gasteiger partial charge < -0.3 is 9.13 Å². The molecular formula is C45H25N5. The van der Waals surface area contributed by atoms with Gasteiger partial charge >= 0.3 is 0 Å². The molecular weight excluding hydrogens is 611 g/mol. The molecule has 0 radical (unpaired) electrons. The van der Waals surface area contributed by atoms with Crippen molar-refractivity contribution in [1.29, 1.82) is 10.5 Å². The van der Waals surface area contributed by atoms with E-state index >= 15 is 0 Å². The van der Waals surface area contributed by atoms with Crippen molar-refractivity contribution in [2.75, 3.05) is 0 Å². The Labute approximate surface area is 288 Å². The summed E-state index contributed by atoms with van der Waals surface area (Å²) < 4.78 is 4.38. The second-order valence-electron chi connectivity index (χ2n) is 12.3. The highest BCUT2D eigenvalue weighted by molar-refractivity contribution is 6.11. The zero-order chi connectivity index (χ0) is 33.8. The van der Waals surface area contributed by atoms with Crippen molar-refractivity contribution < 1.29 is 0 Å². The number of hydrogen-bond donors (Lipinski definition) is 0. The lowest BCUT2D eigenvalue weighted by Gasteiger charge is -2.16. The number of benzene rings is 7. The van der Waals surface area contributed by atoms with E-state index in [1.807, 2.05) is 78.9 Å². The van der Waals surface area contributed by atoms with E-state index in [4.69, 9.17) is 6.57 Å². The number of aromatic nitrogens is 2. The predicted octanol–water partition coefficient (Wildman–Crippen LogP) is 11.5. The third-order valence-corrected chi connectivity index (χ3v) is 9.64. The van der Waals surface area contributed by atoms with Crippen molar-refractivity contribution in [3.8, 4) is 45.8 Å². The highest BCUT2D eigenvalue weighted by Gasteiger charge is 2.19. The molecule has 0 saturated heterocycles. The van der Waals surface area contributed by atoms with Gasteiger partial charge in [-0.1, -0.05) is 97.1 Å². The molecule has 7 aromatic carbocycles. The van der Waals surface area contributed by atoms with E-state index in [0.717, 1.165) is 77.2 Å². The monoisotopic (exact) mass is 635 g/mol. The largest absolute Gasteiger partial charge is 0.309 e. The Bertz CT molecular complexity index is 2900. The van der Waals surface area contributed by atoms with Crippen LogP contribution in [0.1, 0.15) is 11.1 Å². The lowest BCUT2D eigenvalue weighted by atomic mass is 9.95. The summed E-state index contributed by atoms with van der Waals surface area (Å²) in [7, 11) is 0. The molecule has 0 aliphatic rings. The summed E-state index contributed by atoms with van der Waals surface area (Å²) in [6.07, 6.45) is 0. The summed E-state index contributed by atoms with van der Waals surface area (Å²) in [6, 6.07) is 55.5. The van der Waals surface area contributed by atoms with Gasteiger partial charge in [-0.15, -0.1) is 0 Å². The Morgan fingerprint density at radius 3 is 1.60 bits per heavy atom. The SMILES string of the molecule is [C-]#[N+]c1ccc2c(c1)c1ccccc1n2-c1cccc(C#N)c1-c1ccc(-c2ccc(C#N)c(-n3c4ccccc4c4ccccc43)c2)cc1. The molecule has 0 fully saturated rings. The van der Waals surface area contributed by atoms with Gasteiger partial charge in [0.2, 0.25) is 0 Å². The Balaban J connectivity index is 1.20. The molecule has 9 rings (SSSR count). The van der Waals surface area contributed by atoms with Crippen LogP contribution >= 0.6 is 0 Å². The number of hydrogen-bond acceptors (Lipinski definition) is 2. The molecule has 0 bridgehead atoms. The first-order chi connectivity index (χ1) is 24.7. The molecule has 0 aliphatic heterocycles. The molecule has 0 spiro atoms. The van der Waals surface area contributed by atoms with Crippen LogP contribution in [0.3, 0.4) is 0 Å². The molecule has 5 nitrogen and oxygen atoms in total. The maximum atomic E-state index is 10.3. The number of rotatable bonds is 4. The zero-order valence-electron chi connectivity index (χ0n) is 26.7. The van der Waals surface area contributed by atoms with Crippen LogP contribution in [0.25, 0.3) is 82.1 Å². The lowest BCUT2D eigenvalue weighted by molar-refractivity contribution is 1.17. The van der Waals surface area contributed by atoms with E-state index in [0.29, 0.717) is 16.8 Å². The molecule has 2 heterocycles. The fourth-order valence-electron chi connectivity index (χ4n) is 7.42. The van der Waals surface area contributed by atoms with Crippen LogP contribution in [0.15, 0.2) is 152 Å². The smallest absolute Gasteiger partial charge is 0.188 e. The Morgan fingerprint density at radius 1 is 0.440 bits per heavy atom. The molecule has 50 heavy (non-hydrogen) atoms. The minimum Gasteiger partial charge on any atom is -0.309 e. The van der Waals surface area contributed by atoms with Crippen molar-refractivity contribution in [1.82, 2.24) is 9.13 Å². The van der Waals surface area contributed by atoms with E-state index in [-0.39, 0.29) is 0 Å². The topological polar surface area (TPSA) is 61.8 Å². The maximum Gasteiger partial charge on any atom is 0.188 e. The normalized spacial score (nSPS) is 11.1. The van der Waals surface area contributed by atoms with Crippen molar-refractivity contribution in [2.45, 2.75) is 0 Å². The number of nitriles is 2. The summed E-state index contributed by atoms with van der Waals surface area (Å²) in [5.41, 5.74) is 11.3. The molecule has 0 atom stereocenters. The predicted molar refractivity (Wildman–Crippen MR) is 202 cm³/mol. The van der Waals surface area contributed by atoms with E-state index < -0.39 is 0 Å². The van der Waals surface area contributed by atoms with Gasteiger partial charge in [0.05, 0.1) is 57.2 Å². The van der Waals surface area contributed by atoms with E-state index in [9.17, 15) is 10.5 Å². The average molecular weight is 636 g/mol. The summed E-state index contributed by atoms with van der Waals surface area (Å²) >= 11 is 0. The highest BCUT2D eigenvalue weighted by Crippen LogP contribution is 2.40. The first-order valence-electron chi connectivity index (χ1n) is 16.3. The van der Waals surface area contributed by atoms with Crippen LogP contribution in [-0.4, -0.2) is 9.13 Å². The number of nitrogens with zero attached hydrogens (tertiary/aromatic N) is 5. The average Bonchev–Trinajstić information content (AvgIpc) is 3.70. The summed E-state index contributed by atoms with van der Waals surface area (Å²) in [4.78, 5) is 3.67. The second kappa shape index (κ2) is 11.4. The van der Waals surface area contributed by atoms with Crippen LogP contribution in [0.5, 0.6) is 0 Å². The van der Waals surface area contributed by atoms with Crippen molar-refractivity contribution in [3.63, 3.8) is 0 Å². The lowest BCUT2D eigenvalue weighted by Crippen LogP contribution is -1.99. The molecule has 0 N–H and O–H groups in total. The first-order valence-corrected chi connectivity index (χ1v) is 16.3. The standard InChI is InChI=1S/C45H25N5/c1-48-34-23-24-42-38(26-34)37-12-4-7-15-41(37)49(42)43-16-8-9-33(28-47)45(43)30-19-17-29(18-20-30)31-21-22-32(27-46)44(25-31)50-39-13-5-2-10-35(39)36-11-3-6-14-40(36)50/h2-26H. The maximum absolute atomic E-state index is 10.3. The van der Waals surface area contributed by atoms with Gasteiger partial charge in [0.15, 0.2) is 5.69 Å². The van der Waals surface area contributed by atoms with Crippen LogP contribution < -0.4 is 0 Å². The van der Waals surface area contributed by atoms with Gasteiger partial charge in [-0.05, 0) is 76.7 Å². The van der Waals surface area contributed by atoms with Crippen molar-refractivity contribution in [3.05, 3.63) is 174 Å². The molecule has 0 amide bonds. The van der Waals surface area contributed by atoms with Crippen molar-refractivity contribution in [2.24, 2.45) is 0 Å². The van der Waals surface area contributed by atoms with Gasteiger partial charge in [0.1, 0.15) is 6.07 Å². The van der Waals surface area contributed by atoms with Gasteiger partial charge in [-0.2, -0.15) is 10.5 Å². The van der Waals surface area contributed by atoms with Crippen molar-refractivity contribution >= 4 is 49.3 Å². The number of fused-ring (bicyclic) bond motifs is 6. The zero-order valence-corrected chi connectivity index (χ0v) is 26.7. The van der Waals surface area contributed by atoms with Gasteiger partial charge in [0, 0.05) is 21.7 Å². The summed E-state index contributed by atoms with van der Waals surface area (Å²) in [5.74, 6) is 0. The van der Waals surface area contributed by atoms with Crippen LogP contribution in [-0.2, 0) is 0 Å². The van der Waals surface area contributed by atoms with Gasteiger partial charge in [-0.25, -0.2) is 4.85 Å². The molecule has 230 valence electrons. The molecule has 0 aliphatic carbocycles. The summed E-state index contributed by atoms with van der Waals surface area (Å²) in [5, 5.41) is 24.9. The highest BCUT2D eigenvalue weighted by atomic mass is 15.0. The third-order valence-electron chi connectivity index (χ3n) is 9.64. The molecule has 9 aromatic rings. The minimum atomic E-state index is 0.575. The van der Waals surface area contributed by atoms with E-state index in [1.54, 1.807) is 0 Å². The Hall–Kier alpha value is -7.39. The van der Waals surface area contributed by atoms with Crippen LogP contribution in [0.4, 0.5) is 5.69 Å². The molecule has 5 heteroatoms. The van der Waals surface area contributed by atoms with Crippen LogP contribution in [0, 0.1) is 29.2 Å². The fraction of sp³-hybridized carbons (Fsp3) is 0. The minimum absolute atomic E-state index is 0.575. The van der Waals surface area contributed by atoms with E-state index in [1.165, 1.54) is 0 Å².